The van der Waals surface area contributed by atoms with Crippen LogP contribution in [0, 0.1) is 13.8 Å². The van der Waals surface area contributed by atoms with Gasteiger partial charge in [-0.3, -0.25) is 14.4 Å². The first-order valence-corrected chi connectivity index (χ1v) is 8.50. The molecule has 0 spiro atoms. The van der Waals surface area contributed by atoms with Gasteiger partial charge in [0.25, 0.3) is 5.91 Å². The third-order valence-electron chi connectivity index (χ3n) is 4.05. The van der Waals surface area contributed by atoms with Gasteiger partial charge in [-0.05, 0) is 56.2 Å². The number of hydrogen-bond donors (Lipinski definition) is 1. The van der Waals surface area contributed by atoms with Crippen LogP contribution in [0.25, 0.3) is 0 Å². The second kappa shape index (κ2) is 8.98. The van der Waals surface area contributed by atoms with E-state index in [1.54, 1.807) is 18.2 Å². The molecule has 2 rings (SSSR count). The zero-order valence-corrected chi connectivity index (χ0v) is 15.9. The molecule has 0 radical (unpaired) electrons. The maximum absolute atomic E-state index is 12.1. The summed E-state index contributed by atoms with van der Waals surface area (Å²) in [6.07, 6.45) is -0.0962. The van der Waals surface area contributed by atoms with E-state index in [2.05, 4.69) is 5.32 Å². The van der Waals surface area contributed by atoms with E-state index < -0.39 is 11.9 Å². The topological polar surface area (TPSA) is 81.7 Å². The van der Waals surface area contributed by atoms with Crippen LogP contribution in [0.15, 0.2) is 36.4 Å². The summed E-state index contributed by atoms with van der Waals surface area (Å²) in [6.45, 7) is 4.87. The van der Waals surface area contributed by atoms with Crippen LogP contribution in [-0.4, -0.2) is 31.4 Å². The molecule has 6 heteroatoms. The van der Waals surface area contributed by atoms with E-state index in [9.17, 15) is 14.4 Å². The Morgan fingerprint density at radius 1 is 1.04 bits per heavy atom. The number of aryl methyl sites for hydroxylation is 2. The third-order valence-corrected chi connectivity index (χ3v) is 4.05. The highest BCUT2D eigenvalue weighted by Crippen LogP contribution is 2.21. The molecule has 0 saturated carbocycles. The van der Waals surface area contributed by atoms with Crippen molar-refractivity contribution >= 4 is 23.3 Å². The standard InChI is InChI=1S/C21H23NO5/c1-13-5-6-14(2)18(9-13)22-20(24)12-27-21(25)11-17-10-16(15(3)23)7-8-19(17)26-4/h5-10H,11-12H2,1-4H3,(H,22,24). The fourth-order valence-electron chi connectivity index (χ4n) is 2.55. The quantitative estimate of drug-likeness (QED) is 0.598. The van der Waals surface area contributed by atoms with E-state index in [0.29, 0.717) is 22.6 Å². The molecule has 0 unspecified atom stereocenters. The lowest BCUT2D eigenvalue weighted by molar-refractivity contribution is -0.146. The second-order valence-corrected chi connectivity index (χ2v) is 6.29. The minimum absolute atomic E-state index is 0.0962. The first kappa shape index (κ1) is 20.2. The summed E-state index contributed by atoms with van der Waals surface area (Å²) in [5.74, 6) is -0.622. The van der Waals surface area contributed by atoms with Crippen molar-refractivity contribution in [2.45, 2.75) is 27.2 Å². The van der Waals surface area contributed by atoms with Gasteiger partial charge in [0.1, 0.15) is 5.75 Å². The molecule has 0 saturated heterocycles. The minimum atomic E-state index is -0.579. The largest absolute Gasteiger partial charge is 0.496 e. The number of carbonyl (C=O) groups excluding carboxylic acids is 3. The van der Waals surface area contributed by atoms with Crippen molar-refractivity contribution in [2.24, 2.45) is 0 Å². The van der Waals surface area contributed by atoms with Gasteiger partial charge in [-0.15, -0.1) is 0 Å². The molecule has 0 aliphatic rings. The maximum Gasteiger partial charge on any atom is 0.310 e. The van der Waals surface area contributed by atoms with Crippen LogP contribution in [0.3, 0.4) is 0 Å². The number of rotatable bonds is 7. The van der Waals surface area contributed by atoms with Crippen molar-refractivity contribution in [3.05, 3.63) is 58.7 Å². The second-order valence-electron chi connectivity index (χ2n) is 6.29. The van der Waals surface area contributed by atoms with Crippen LogP contribution in [-0.2, 0) is 20.7 Å². The lowest BCUT2D eigenvalue weighted by Crippen LogP contribution is -2.22. The summed E-state index contributed by atoms with van der Waals surface area (Å²) in [7, 11) is 1.48. The number of hydrogen-bond acceptors (Lipinski definition) is 5. The third kappa shape index (κ3) is 5.67. The first-order chi connectivity index (χ1) is 12.8. The molecule has 2 aromatic carbocycles. The Balaban J connectivity index is 1.96. The molecule has 0 aromatic heterocycles. The van der Waals surface area contributed by atoms with Gasteiger partial charge >= 0.3 is 5.97 Å². The minimum Gasteiger partial charge on any atom is -0.496 e. The Morgan fingerprint density at radius 2 is 1.78 bits per heavy atom. The highest BCUT2D eigenvalue weighted by atomic mass is 16.5. The molecule has 1 amide bonds. The molecular weight excluding hydrogens is 346 g/mol. The van der Waals surface area contributed by atoms with Gasteiger partial charge in [0, 0.05) is 16.8 Å². The van der Waals surface area contributed by atoms with Gasteiger partial charge in [-0.25, -0.2) is 0 Å². The van der Waals surface area contributed by atoms with Gasteiger partial charge in [-0.2, -0.15) is 0 Å². The molecule has 2 aromatic rings. The number of anilines is 1. The SMILES string of the molecule is COc1ccc(C(C)=O)cc1CC(=O)OCC(=O)Nc1cc(C)ccc1C. The molecular formula is C21H23NO5. The van der Waals surface area contributed by atoms with Gasteiger partial charge in [0.2, 0.25) is 0 Å². The molecule has 6 nitrogen and oxygen atoms in total. The molecule has 0 bridgehead atoms. The number of ether oxygens (including phenoxy) is 2. The number of ketones is 1. The summed E-state index contributed by atoms with van der Waals surface area (Å²) in [5.41, 5.74) is 3.64. The van der Waals surface area contributed by atoms with E-state index in [1.165, 1.54) is 14.0 Å². The van der Waals surface area contributed by atoms with Crippen molar-refractivity contribution < 1.29 is 23.9 Å². The molecule has 0 fully saturated rings. The maximum atomic E-state index is 12.1. The number of methoxy groups -OCH3 is 1. The Hall–Kier alpha value is -3.15. The highest BCUT2D eigenvalue weighted by Gasteiger charge is 2.14. The fraction of sp³-hybridized carbons (Fsp3) is 0.286. The summed E-state index contributed by atoms with van der Waals surface area (Å²) in [6, 6.07) is 10.6. The number of benzene rings is 2. The van der Waals surface area contributed by atoms with Crippen molar-refractivity contribution in [3.8, 4) is 5.75 Å². The van der Waals surface area contributed by atoms with Crippen LogP contribution in [0.2, 0.25) is 0 Å². The molecule has 27 heavy (non-hydrogen) atoms. The number of carbonyl (C=O) groups is 3. The van der Waals surface area contributed by atoms with E-state index >= 15 is 0 Å². The zero-order chi connectivity index (χ0) is 20.0. The van der Waals surface area contributed by atoms with Gasteiger partial charge in [0.15, 0.2) is 12.4 Å². The summed E-state index contributed by atoms with van der Waals surface area (Å²) in [4.78, 5) is 35.7. The fourth-order valence-corrected chi connectivity index (χ4v) is 2.55. The number of esters is 1. The lowest BCUT2D eigenvalue weighted by atomic mass is 10.0. The van der Waals surface area contributed by atoms with Gasteiger partial charge in [-0.1, -0.05) is 12.1 Å². The Labute approximate surface area is 158 Å². The lowest BCUT2D eigenvalue weighted by Gasteiger charge is -2.11. The zero-order valence-electron chi connectivity index (χ0n) is 15.9. The molecule has 1 N–H and O–H groups in total. The number of Topliss-reactive ketones (excluding diaryl/α,β-unsaturated/α-hetero) is 1. The summed E-state index contributed by atoms with van der Waals surface area (Å²) < 4.78 is 10.3. The predicted molar refractivity (Wildman–Crippen MR) is 102 cm³/mol. The van der Waals surface area contributed by atoms with Crippen LogP contribution in [0.1, 0.15) is 34.0 Å². The summed E-state index contributed by atoms with van der Waals surface area (Å²) >= 11 is 0. The number of amides is 1. The van der Waals surface area contributed by atoms with Crippen molar-refractivity contribution in [1.29, 1.82) is 0 Å². The number of nitrogens with one attached hydrogen (secondary N) is 1. The van der Waals surface area contributed by atoms with E-state index in [1.807, 2.05) is 32.0 Å². The van der Waals surface area contributed by atoms with E-state index in [4.69, 9.17) is 9.47 Å². The molecule has 0 atom stereocenters. The van der Waals surface area contributed by atoms with Crippen LogP contribution in [0.4, 0.5) is 5.69 Å². The Bertz CT molecular complexity index is 873. The van der Waals surface area contributed by atoms with Crippen LogP contribution >= 0.6 is 0 Å². The molecule has 142 valence electrons. The average molecular weight is 369 g/mol. The van der Waals surface area contributed by atoms with Crippen molar-refractivity contribution in [2.75, 3.05) is 19.0 Å². The summed E-state index contributed by atoms with van der Waals surface area (Å²) in [5, 5.41) is 2.73. The van der Waals surface area contributed by atoms with Crippen molar-refractivity contribution in [1.82, 2.24) is 0 Å². The monoisotopic (exact) mass is 369 g/mol. The normalized spacial score (nSPS) is 10.2. The smallest absolute Gasteiger partial charge is 0.310 e. The van der Waals surface area contributed by atoms with E-state index in [-0.39, 0.29) is 18.8 Å². The van der Waals surface area contributed by atoms with Gasteiger partial charge in [0.05, 0.1) is 13.5 Å². The van der Waals surface area contributed by atoms with Gasteiger partial charge < -0.3 is 14.8 Å². The Kier molecular flexibility index (Phi) is 6.71. The van der Waals surface area contributed by atoms with Crippen LogP contribution < -0.4 is 10.1 Å². The average Bonchev–Trinajstić information content (AvgIpc) is 2.63. The first-order valence-electron chi connectivity index (χ1n) is 8.50. The Morgan fingerprint density at radius 3 is 2.44 bits per heavy atom. The predicted octanol–water partition coefficient (Wildman–Crippen LogP) is 3.24. The molecule has 0 aliphatic carbocycles. The van der Waals surface area contributed by atoms with E-state index in [0.717, 1.165) is 11.1 Å². The molecule has 0 aliphatic heterocycles. The highest BCUT2D eigenvalue weighted by molar-refractivity contribution is 5.95. The van der Waals surface area contributed by atoms with Crippen LogP contribution in [0.5, 0.6) is 5.75 Å². The van der Waals surface area contributed by atoms with Crippen molar-refractivity contribution in [3.63, 3.8) is 0 Å². The molecule has 0 heterocycles.